The first-order valence-electron chi connectivity index (χ1n) is 6.16. The van der Waals surface area contributed by atoms with E-state index in [2.05, 4.69) is 15.8 Å². The Morgan fingerprint density at radius 2 is 2.00 bits per heavy atom. The molecule has 0 saturated carbocycles. The van der Waals surface area contributed by atoms with E-state index < -0.39 is 26.7 Å². The van der Waals surface area contributed by atoms with Gasteiger partial charge >= 0.3 is 6.03 Å². The van der Waals surface area contributed by atoms with E-state index in [1.54, 1.807) is 13.8 Å². The zero-order valence-corrected chi connectivity index (χ0v) is 13.6. The quantitative estimate of drug-likeness (QED) is 0.615. The van der Waals surface area contributed by atoms with Crippen LogP contribution in [0.15, 0.2) is 21.6 Å². The van der Waals surface area contributed by atoms with Crippen LogP contribution >= 0.6 is 11.6 Å². The number of sulfonamides is 1. The molecule has 1 heterocycles. The Morgan fingerprint density at radius 1 is 1.35 bits per heavy atom. The van der Waals surface area contributed by atoms with Gasteiger partial charge in [-0.2, -0.15) is 0 Å². The van der Waals surface area contributed by atoms with E-state index in [0.717, 1.165) is 0 Å². The molecule has 0 spiro atoms. The average molecular weight is 361 g/mol. The highest BCUT2D eigenvalue weighted by molar-refractivity contribution is 7.89. The Hall–Kier alpha value is -2.30. The topological polar surface area (TPSA) is 148 Å². The number of carbonyl (C=O) groups excluding carboxylic acids is 1. The van der Waals surface area contributed by atoms with Crippen molar-refractivity contribution in [3.8, 4) is 5.75 Å². The SMILES string of the molecule is Cc1noc(C)c1NC(=O)Nc1ccc(Cl)c(S(N)(=O)=O)c1O. The lowest BCUT2D eigenvalue weighted by Gasteiger charge is -2.12. The molecule has 0 bridgehead atoms. The summed E-state index contributed by atoms with van der Waals surface area (Å²) >= 11 is 5.71. The second-order valence-corrected chi connectivity index (χ2v) is 6.50. The highest BCUT2D eigenvalue weighted by atomic mass is 35.5. The Kier molecular flexibility index (Phi) is 4.50. The molecule has 0 saturated heterocycles. The lowest BCUT2D eigenvalue weighted by atomic mass is 10.3. The maximum atomic E-state index is 12.0. The van der Waals surface area contributed by atoms with Crippen LogP contribution in [0.5, 0.6) is 5.75 Å². The van der Waals surface area contributed by atoms with Crippen LogP contribution in [-0.2, 0) is 10.0 Å². The van der Waals surface area contributed by atoms with Crippen molar-refractivity contribution >= 4 is 39.0 Å². The number of hydrogen-bond acceptors (Lipinski definition) is 6. The first kappa shape index (κ1) is 17.1. The van der Waals surface area contributed by atoms with Crippen molar-refractivity contribution in [2.45, 2.75) is 18.7 Å². The lowest BCUT2D eigenvalue weighted by molar-refractivity contribution is 0.262. The molecule has 124 valence electrons. The molecular formula is C12H13ClN4O5S. The van der Waals surface area contributed by atoms with Crippen molar-refractivity contribution in [1.29, 1.82) is 0 Å². The number of aryl methyl sites for hydroxylation is 2. The van der Waals surface area contributed by atoms with Gasteiger partial charge in [0.2, 0.25) is 10.0 Å². The van der Waals surface area contributed by atoms with Gasteiger partial charge < -0.3 is 20.3 Å². The highest BCUT2D eigenvalue weighted by Gasteiger charge is 2.22. The molecule has 11 heteroatoms. The van der Waals surface area contributed by atoms with Gasteiger partial charge in [-0.25, -0.2) is 18.4 Å². The Bertz CT molecular complexity index is 858. The summed E-state index contributed by atoms with van der Waals surface area (Å²) in [5.74, 6) is -0.364. The summed E-state index contributed by atoms with van der Waals surface area (Å²) < 4.78 is 27.8. The summed E-state index contributed by atoms with van der Waals surface area (Å²) in [6, 6.07) is 1.68. The number of nitrogens with zero attached hydrogens (tertiary/aromatic N) is 1. The molecule has 2 amide bonds. The molecule has 0 fully saturated rings. The maximum Gasteiger partial charge on any atom is 0.323 e. The van der Waals surface area contributed by atoms with Gasteiger partial charge in [0.25, 0.3) is 0 Å². The first-order chi connectivity index (χ1) is 10.6. The van der Waals surface area contributed by atoms with Crippen molar-refractivity contribution in [2.24, 2.45) is 5.14 Å². The second-order valence-electron chi connectivity index (χ2n) is 4.60. The zero-order chi connectivity index (χ0) is 17.4. The molecular weight excluding hydrogens is 348 g/mol. The van der Waals surface area contributed by atoms with Crippen molar-refractivity contribution in [3.05, 3.63) is 28.6 Å². The Labute approximate surface area is 136 Å². The number of carbonyl (C=O) groups is 1. The van der Waals surface area contributed by atoms with Gasteiger partial charge in [0.1, 0.15) is 16.3 Å². The number of urea groups is 1. The lowest BCUT2D eigenvalue weighted by Crippen LogP contribution is -2.21. The van der Waals surface area contributed by atoms with E-state index in [1.165, 1.54) is 12.1 Å². The molecule has 0 radical (unpaired) electrons. The van der Waals surface area contributed by atoms with E-state index >= 15 is 0 Å². The maximum absolute atomic E-state index is 12.0. The zero-order valence-electron chi connectivity index (χ0n) is 12.0. The van der Waals surface area contributed by atoms with Crippen molar-refractivity contribution in [1.82, 2.24) is 5.16 Å². The Balaban J connectivity index is 2.29. The van der Waals surface area contributed by atoms with E-state index in [4.69, 9.17) is 21.3 Å². The molecule has 0 unspecified atom stereocenters. The number of halogens is 1. The minimum atomic E-state index is -4.26. The normalized spacial score (nSPS) is 11.3. The van der Waals surface area contributed by atoms with Crippen molar-refractivity contribution < 1.29 is 22.8 Å². The molecule has 5 N–H and O–H groups in total. The van der Waals surface area contributed by atoms with Gasteiger partial charge in [-0.15, -0.1) is 0 Å². The van der Waals surface area contributed by atoms with Crippen LogP contribution in [0.25, 0.3) is 0 Å². The van der Waals surface area contributed by atoms with Gasteiger partial charge in [0, 0.05) is 0 Å². The van der Waals surface area contributed by atoms with Gasteiger partial charge in [0.05, 0.1) is 10.7 Å². The number of nitrogens with two attached hydrogens (primary N) is 1. The molecule has 9 nitrogen and oxygen atoms in total. The van der Waals surface area contributed by atoms with Crippen LogP contribution in [0.1, 0.15) is 11.5 Å². The predicted molar refractivity (Wildman–Crippen MR) is 83.1 cm³/mol. The standard InChI is InChI=1S/C12H13ClN4O5S/c1-5-9(6(2)22-17-5)16-12(19)15-8-4-3-7(13)11(10(8)18)23(14,20)21/h3-4,18H,1-2H3,(H2,14,20,21)(H2,15,16,19). The van der Waals surface area contributed by atoms with E-state index in [1.807, 2.05) is 0 Å². The number of phenolic OH excluding ortho intramolecular Hbond substituents is 1. The number of nitrogens with one attached hydrogen (secondary N) is 2. The van der Waals surface area contributed by atoms with Crippen molar-refractivity contribution in [3.63, 3.8) is 0 Å². The van der Waals surface area contributed by atoms with Crippen LogP contribution in [0.2, 0.25) is 5.02 Å². The third kappa shape index (κ3) is 3.55. The molecule has 0 atom stereocenters. The summed E-state index contributed by atoms with van der Waals surface area (Å²) in [5.41, 5.74) is 0.647. The van der Waals surface area contributed by atoms with Gasteiger partial charge in [-0.1, -0.05) is 16.8 Å². The monoisotopic (exact) mass is 360 g/mol. The van der Waals surface area contributed by atoms with Crippen molar-refractivity contribution in [2.75, 3.05) is 10.6 Å². The molecule has 0 aliphatic heterocycles. The number of phenols is 1. The number of anilines is 2. The van der Waals surface area contributed by atoms with Gasteiger partial charge in [-0.3, -0.25) is 0 Å². The van der Waals surface area contributed by atoms with Crippen LogP contribution in [0.4, 0.5) is 16.2 Å². The number of primary sulfonamides is 1. The third-order valence-corrected chi connectivity index (χ3v) is 4.30. The summed E-state index contributed by atoms with van der Waals surface area (Å²) in [4.78, 5) is 11.3. The minimum absolute atomic E-state index is 0.178. The molecule has 2 rings (SSSR count). The molecule has 2 aromatic rings. The number of aromatic nitrogens is 1. The van der Waals surface area contributed by atoms with E-state index in [9.17, 15) is 18.3 Å². The summed E-state index contributed by atoms with van der Waals surface area (Å²) in [5, 5.41) is 23.1. The fourth-order valence-corrected chi connectivity index (χ4v) is 3.04. The molecule has 23 heavy (non-hydrogen) atoms. The summed E-state index contributed by atoms with van der Waals surface area (Å²) in [6.45, 7) is 3.24. The number of hydrogen-bond donors (Lipinski definition) is 4. The van der Waals surface area contributed by atoms with E-state index in [-0.39, 0.29) is 10.7 Å². The molecule has 0 aliphatic rings. The Morgan fingerprint density at radius 3 is 2.52 bits per heavy atom. The fourth-order valence-electron chi connectivity index (χ4n) is 1.85. The third-order valence-electron chi connectivity index (χ3n) is 2.89. The summed E-state index contributed by atoms with van der Waals surface area (Å²) in [7, 11) is -4.26. The smallest absolute Gasteiger partial charge is 0.323 e. The van der Waals surface area contributed by atoms with Crippen LogP contribution in [0, 0.1) is 13.8 Å². The molecule has 0 aliphatic carbocycles. The summed E-state index contributed by atoms with van der Waals surface area (Å²) in [6.07, 6.45) is 0. The van der Waals surface area contributed by atoms with Gasteiger partial charge in [-0.05, 0) is 26.0 Å². The van der Waals surface area contributed by atoms with Gasteiger partial charge in [0.15, 0.2) is 11.5 Å². The van der Waals surface area contributed by atoms with Crippen LogP contribution in [0.3, 0.4) is 0 Å². The second kappa shape index (κ2) is 6.07. The first-order valence-corrected chi connectivity index (χ1v) is 8.09. The molecule has 1 aromatic heterocycles. The number of rotatable bonds is 3. The number of aromatic hydroxyl groups is 1. The van der Waals surface area contributed by atoms with Crippen LogP contribution in [-0.4, -0.2) is 24.7 Å². The van der Waals surface area contributed by atoms with Crippen LogP contribution < -0.4 is 15.8 Å². The number of benzene rings is 1. The largest absolute Gasteiger partial charge is 0.504 e. The average Bonchev–Trinajstić information content (AvgIpc) is 2.72. The molecule has 1 aromatic carbocycles. The fraction of sp³-hybridized carbons (Fsp3) is 0.167. The van der Waals surface area contributed by atoms with E-state index in [0.29, 0.717) is 17.1 Å². The highest BCUT2D eigenvalue weighted by Crippen LogP contribution is 2.36. The number of amides is 2. The minimum Gasteiger partial charge on any atom is -0.504 e. The predicted octanol–water partition coefficient (Wildman–Crippen LogP) is 1.94.